The van der Waals surface area contributed by atoms with Crippen LogP contribution in [-0.2, 0) is 4.79 Å². The van der Waals surface area contributed by atoms with Crippen molar-refractivity contribution in [2.24, 2.45) is 0 Å². The molecule has 0 saturated carbocycles. The molecule has 4 heterocycles. The fourth-order valence-electron chi connectivity index (χ4n) is 4.76. The summed E-state index contributed by atoms with van der Waals surface area (Å²) in [6, 6.07) is 15.1. The third-order valence-electron chi connectivity index (χ3n) is 6.24. The fourth-order valence-corrected chi connectivity index (χ4v) is 4.76. The number of fused-ring (bicyclic) bond motifs is 1. The van der Waals surface area contributed by atoms with Crippen molar-refractivity contribution in [1.82, 2.24) is 19.8 Å². The summed E-state index contributed by atoms with van der Waals surface area (Å²) in [5.41, 5.74) is 3.61. The SMILES string of the molecule is O=C(c1cccnc1)N1CC(=O)N2[C@H](CO)[C@@H](c3ccc(-c4cccnc4)cc3)[C@H]2C1. The first-order valence-corrected chi connectivity index (χ1v) is 10.3. The van der Waals surface area contributed by atoms with E-state index < -0.39 is 0 Å². The first-order chi connectivity index (χ1) is 15.2. The van der Waals surface area contributed by atoms with Crippen molar-refractivity contribution in [2.75, 3.05) is 19.7 Å². The Balaban J connectivity index is 1.39. The molecule has 3 atom stereocenters. The van der Waals surface area contributed by atoms with Crippen molar-refractivity contribution in [3.8, 4) is 11.1 Å². The van der Waals surface area contributed by atoms with E-state index in [2.05, 4.69) is 9.97 Å². The number of hydrogen-bond acceptors (Lipinski definition) is 5. The molecule has 7 heteroatoms. The van der Waals surface area contributed by atoms with Crippen LogP contribution in [0.3, 0.4) is 0 Å². The highest BCUT2D eigenvalue weighted by molar-refractivity contribution is 5.97. The highest BCUT2D eigenvalue weighted by atomic mass is 16.3. The van der Waals surface area contributed by atoms with Crippen LogP contribution in [0.4, 0.5) is 0 Å². The van der Waals surface area contributed by atoms with Crippen LogP contribution >= 0.6 is 0 Å². The average molecular weight is 414 g/mol. The Morgan fingerprint density at radius 3 is 2.39 bits per heavy atom. The molecule has 5 rings (SSSR count). The van der Waals surface area contributed by atoms with Crippen LogP contribution in [0.1, 0.15) is 21.8 Å². The zero-order chi connectivity index (χ0) is 21.4. The van der Waals surface area contributed by atoms with Crippen LogP contribution in [0.2, 0.25) is 0 Å². The summed E-state index contributed by atoms with van der Waals surface area (Å²) in [6.45, 7) is 0.353. The minimum absolute atomic E-state index is 0.0212. The number of aliphatic hydroxyl groups is 1. The van der Waals surface area contributed by atoms with Gasteiger partial charge in [-0.2, -0.15) is 0 Å². The van der Waals surface area contributed by atoms with Gasteiger partial charge in [0.2, 0.25) is 5.91 Å². The Labute approximate surface area is 180 Å². The van der Waals surface area contributed by atoms with Crippen LogP contribution in [0.15, 0.2) is 73.3 Å². The minimum Gasteiger partial charge on any atom is -0.394 e. The first-order valence-electron chi connectivity index (χ1n) is 10.3. The molecule has 7 nitrogen and oxygen atoms in total. The number of nitrogens with zero attached hydrogens (tertiary/aromatic N) is 4. The Bertz CT molecular complexity index is 1090. The molecule has 31 heavy (non-hydrogen) atoms. The second kappa shape index (κ2) is 7.92. The third kappa shape index (κ3) is 3.37. The van der Waals surface area contributed by atoms with Gasteiger partial charge in [-0.15, -0.1) is 0 Å². The molecule has 0 radical (unpaired) electrons. The molecule has 2 aliphatic heterocycles. The number of carbonyl (C=O) groups is 2. The van der Waals surface area contributed by atoms with Crippen molar-refractivity contribution in [1.29, 1.82) is 0 Å². The number of aliphatic hydroxyl groups excluding tert-OH is 1. The molecule has 2 aliphatic rings. The molecular formula is C24H22N4O3. The van der Waals surface area contributed by atoms with Gasteiger partial charge in [0.1, 0.15) is 6.54 Å². The minimum atomic E-state index is -0.266. The molecule has 3 aromatic rings. The molecular weight excluding hydrogens is 392 g/mol. The van der Waals surface area contributed by atoms with Crippen LogP contribution in [0.5, 0.6) is 0 Å². The number of amides is 2. The summed E-state index contributed by atoms with van der Waals surface area (Å²) < 4.78 is 0. The lowest BCUT2D eigenvalue weighted by atomic mass is 9.73. The van der Waals surface area contributed by atoms with Crippen LogP contribution in [0.25, 0.3) is 11.1 Å². The smallest absolute Gasteiger partial charge is 0.255 e. The number of carbonyl (C=O) groups excluding carboxylic acids is 2. The van der Waals surface area contributed by atoms with E-state index in [1.807, 2.05) is 42.6 Å². The van der Waals surface area contributed by atoms with Crippen LogP contribution in [0, 0.1) is 0 Å². The molecule has 1 aromatic carbocycles. The van der Waals surface area contributed by atoms with Gasteiger partial charge in [-0.1, -0.05) is 30.3 Å². The zero-order valence-corrected chi connectivity index (χ0v) is 16.8. The molecule has 1 N–H and O–H groups in total. The fraction of sp³-hybridized carbons (Fsp3) is 0.250. The van der Waals surface area contributed by atoms with Gasteiger partial charge in [-0.3, -0.25) is 19.6 Å². The van der Waals surface area contributed by atoms with Gasteiger partial charge in [-0.05, 0) is 34.9 Å². The molecule has 156 valence electrons. The number of benzene rings is 1. The number of rotatable bonds is 4. The molecule has 0 unspecified atom stereocenters. The average Bonchev–Trinajstić information content (AvgIpc) is 2.81. The van der Waals surface area contributed by atoms with Crippen molar-refractivity contribution < 1.29 is 14.7 Å². The van der Waals surface area contributed by atoms with E-state index in [1.165, 1.54) is 6.20 Å². The summed E-state index contributed by atoms with van der Waals surface area (Å²) in [4.78, 5) is 37.2. The summed E-state index contributed by atoms with van der Waals surface area (Å²) in [6.07, 6.45) is 6.69. The normalized spacial score (nSPS) is 22.6. The lowest BCUT2D eigenvalue weighted by Gasteiger charge is -2.58. The summed E-state index contributed by atoms with van der Waals surface area (Å²) >= 11 is 0. The molecule has 2 fully saturated rings. The quantitative estimate of drug-likeness (QED) is 0.705. The number of aromatic nitrogens is 2. The maximum absolute atomic E-state index is 12.9. The highest BCUT2D eigenvalue weighted by Gasteiger charge is 2.54. The van der Waals surface area contributed by atoms with Crippen molar-refractivity contribution in [3.63, 3.8) is 0 Å². The summed E-state index contributed by atoms with van der Waals surface area (Å²) in [7, 11) is 0. The standard InChI is InChI=1S/C24H22N4O3/c29-15-21-23(17-7-5-16(6-8-17)18-3-1-9-25-11-18)20-13-27(14-22(30)28(20)21)24(31)19-4-2-10-26-12-19/h1-12,20-21,23,29H,13-15H2/t20-,21-,23+/m1/s1. The molecule has 2 amide bonds. The second-order valence-electron chi connectivity index (χ2n) is 7.94. The number of pyridine rings is 2. The monoisotopic (exact) mass is 414 g/mol. The van der Waals surface area contributed by atoms with Gasteiger partial charge < -0.3 is 14.9 Å². The molecule has 0 spiro atoms. The Hall–Kier alpha value is -3.58. The maximum Gasteiger partial charge on any atom is 0.255 e. The van der Waals surface area contributed by atoms with E-state index in [0.29, 0.717) is 12.1 Å². The topological polar surface area (TPSA) is 86.6 Å². The number of hydrogen-bond donors (Lipinski definition) is 1. The van der Waals surface area contributed by atoms with E-state index in [4.69, 9.17) is 0 Å². The van der Waals surface area contributed by atoms with E-state index in [1.54, 1.807) is 34.3 Å². The van der Waals surface area contributed by atoms with Crippen molar-refractivity contribution in [2.45, 2.75) is 18.0 Å². The van der Waals surface area contributed by atoms with Gasteiger partial charge in [0.15, 0.2) is 0 Å². The van der Waals surface area contributed by atoms with Gasteiger partial charge in [0.25, 0.3) is 5.91 Å². The molecule has 0 bridgehead atoms. The van der Waals surface area contributed by atoms with Crippen molar-refractivity contribution >= 4 is 11.8 Å². The Morgan fingerprint density at radius 2 is 1.74 bits per heavy atom. The van der Waals surface area contributed by atoms with E-state index >= 15 is 0 Å². The number of piperazine rings is 1. The first kappa shape index (κ1) is 19.4. The molecule has 2 saturated heterocycles. The molecule has 0 aliphatic carbocycles. The summed E-state index contributed by atoms with van der Waals surface area (Å²) in [5, 5.41) is 9.97. The Morgan fingerprint density at radius 1 is 1.00 bits per heavy atom. The predicted molar refractivity (Wildman–Crippen MR) is 114 cm³/mol. The highest BCUT2D eigenvalue weighted by Crippen LogP contribution is 2.43. The largest absolute Gasteiger partial charge is 0.394 e. The van der Waals surface area contributed by atoms with E-state index in [0.717, 1.165) is 16.7 Å². The lowest BCUT2D eigenvalue weighted by Crippen LogP contribution is -2.73. The van der Waals surface area contributed by atoms with Crippen LogP contribution in [-0.4, -0.2) is 68.5 Å². The third-order valence-corrected chi connectivity index (χ3v) is 6.24. The van der Waals surface area contributed by atoms with Crippen molar-refractivity contribution in [3.05, 3.63) is 84.4 Å². The van der Waals surface area contributed by atoms with Gasteiger partial charge in [-0.25, -0.2) is 0 Å². The van der Waals surface area contributed by atoms with E-state index in [9.17, 15) is 14.7 Å². The zero-order valence-electron chi connectivity index (χ0n) is 16.8. The van der Waals surface area contributed by atoms with Gasteiger partial charge in [0, 0.05) is 37.3 Å². The van der Waals surface area contributed by atoms with E-state index in [-0.39, 0.29) is 43.0 Å². The Kier molecular flexibility index (Phi) is 4.95. The second-order valence-corrected chi connectivity index (χ2v) is 7.94. The lowest BCUT2D eigenvalue weighted by molar-refractivity contribution is -0.159. The van der Waals surface area contributed by atoms with Gasteiger partial charge in [0.05, 0.1) is 24.3 Å². The maximum atomic E-state index is 12.9. The summed E-state index contributed by atoms with van der Waals surface area (Å²) in [5.74, 6) is -0.351. The molecule has 2 aromatic heterocycles. The predicted octanol–water partition coefficient (Wildman–Crippen LogP) is 1.95. The van der Waals surface area contributed by atoms with Gasteiger partial charge >= 0.3 is 0 Å². The van der Waals surface area contributed by atoms with Crippen LogP contribution < -0.4 is 0 Å².